The molecule has 0 unspecified atom stereocenters. The van der Waals surface area contributed by atoms with Crippen LogP contribution >= 0.6 is 31.9 Å². The van der Waals surface area contributed by atoms with Crippen molar-refractivity contribution in [2.24, 2.45) is 0 Å². The molecule has 0 amide bonds. The van der Waals surface area contributed by atoms with Crippen LogP contribution in [-0.2, 0) is 5.41 Å². The fourth-order valence-corrected chi connectivity index (χ4v) is 8.81. The van der Waals surface area contributed by atoms with Crippen LogP contribution in [0.3, 0.4) is 0 Å². The molecule has 148 valence electrons. The first-order valence-corrected chi connectivity index (χ1v) is 14.5. The first-order valence-electron chi connectivity index (χ1n) is 9.92. The zero-order valence-electron chi connectivity index (χ0n) is 16.7. The summed E-state index contributed by atoms with van der Waals surface area (Å²) in [6.45, 7) is 4.88. The largest absolute Gasteiger partial charge is 0.244 e. The van der Waals surface area contributed by atoms with Crippen molar-refractivity contribution in [1.29, 1.82) is 0 Å². The van der Waals surface area contributed by atoms with E-state index in [1.807, 2.05) is 12.1 Å². The quantitative estimate of drug-likeness (QED) is 0.249. The first-order chi connectivity index (χ1) is 14.5. The zero-order valence-corrected chi connectivity index (χ0v) is 20.9. The van der Waals surface area contributed by atoms with Gasteiger partial charge in [0.25, 0.3) is 0 Å². The molecule has 0 radical (unpaired) electrons. The minimum atomic E-state index is -1.89. The van der Waals surface area contributed by atoms with E-state index in [0.29, 0.717) is 0 Å². The molecule has 1 aliphatic rings. The molecular formula is C25H20Br2N2Si. The van der Waals surface area contributed by atoms with Crippen LogP contribution in [0.4, 0.5) is 0 Å². The van der Waals surface area contributed by atoms with E-state index in [9.17, 15) is 0 Å². The molecule has 0 spiro atoms. The Morgan fingerprint density at radius 3 is 1.47 bits per heavy atom. The second-order valence-electron chi connectivity index (χ2n) is 8.16. The van der Waals surface area contributed by atoms with E-state index in [1.54, 1.807) is 0 Å². The smallest absolute Gasteiger partial charge is 0.113 e. The first kappa shape index (κ1) is 19.9. The monoisotopic (exact) mass is 534 g/mol. The van der Waals surface area contributed by atoms with Crippen molar-refractivity contribution in [3.63, 3.8) is 0 Å². The van der Waals surface area contributed by atoms with Gasteiger partial charge in [0.05, 0.1) is 11.4 Å². The van der Waals surface area contributed by atoms with Crippen molar-refractivity contribution < 1.29 is 0 Å². The van der Waals surface area contributed by atoms with Gasteiger partial charge in [-0.25, -0.2) is 9.97 Å². The Morgan fingerprint density at radius 2 is 1.03 bits per heavy atom. The van der Waals surface area contributed by atoms with E-state index in [2.05, 4.69) is 118 Å². The normalized spacial score (nSPS) is 15.9. The zero-order chi connectivity index (χ0) is 20.9. The number of nitrogens with zero attached hydrogens (tertiary/aromatic N) is 2. The molecule has 0 fully saturated rings. The maximum Gasteiger partial charge on any atom is 0.113 e. The average Bonchev–Trinajstić information content (AvgIpc) is 2.75. The molecule has 2 aromatic heterocycles. The van der Waals surface area contributed by atoms with Crippen LogP contribution in [-0.4, -0.2) is 18.0 Å². The molecule has 0 N–H and O–H groups in total. The van der Waals surface area contributed by atoms with Gasteiger partial charge in [0.1, 0.15) is 22.7 Å². The Bertz CT molecular complexity index is 1170. The number of halogens is 2. The van der Waals surface area contributed by atoms with Gasteiger partial charge in [-0.3, -0.25) is 0 Å². The van der Waals surface area contributed by atoms with E-state index < -0.39 is 13.5 Å². The molecule has 0 atom stereocenters. The van der Waals surface area contributed by atoms with E-state index in [-0.39, 0.29) is 0 Å². The van der Waals surface area contributed by atoms with Gasteiger partial charge in [-0.1, -0.05) is 73.8 Å². The SMILES string of the molecule is C[Si]1(C)c2ccccc2C(c2cccc(Br)n2)(c2cccc(Br)n2)c2ccccc21. The number of hydrogen-bond donors (Lipinski definition) is 0. The molecule has 0 saturated carbocycles. The summed E-state index contributed by atoms with van der Waals surface area (Å²) in [6, 6.07) is 30.1. The van der Waals surface area contributed by atoms with E-state index in [0.717, 1.165) is 20.6 Å². The number of aromatic nitrogens is 2. The Hall–Kier alpha value is -2.08. The summed E-state index contributed by atoms with van der Waals surface area (Å²) >= 11 is 7.22. The molecule has 4 aromatic rings. The van der Waals surface area contributed by atoms with Crippen molar-refractivity contribution in [2.75, 3.05) is 0 Å². The summed E-state index contributed by atoms with van der Waals surface area (Å²) in [4.78, 5) is 9.99. The summed E-state index contributed by atoms with van der Waals surface area (Å²) in [5.41, 5.74) is 3.95. The highest BCUT2D eigenvalue weighted by Crippen LogP contribution is 2.46. The summed E-state index contributed by atoms with van der Waals surface area (Å²) in [6.07, 6.45) is 0. The number of fused-ring (bicyclic) bond motifs is 2. The minimum absolute atomic E-state index is 0.580. The van der Waals surface area contributed by atoms with Crippen LogP contribution in [0.5, 0.6) is 0 Å². The van der Waals surface area contributed by atoms with E-state index >= 15 is 0 Å². The van der Waals surface area contributed by atoms with Crippen LogP contribution in [0.25, 0.3) is 0 Å². The second kappa shape index (κ2) is 7.26. The van der Waals surface area contributed by atoms with Crippen molar-refractivity contribution in [3.8, 4) is 0 Å². The summed E-state index contributed by atoms with van der Waals surface area (Å²) in [5, 5.41) is 2.87. The number of pyridine rings is 2. The minimum Gasteiger partial charge on any atom is -0.244 e. The highest BCUT2D eigenvalue weighted by molar-refractivity contribution is 9.10. The molecule has 1 aliphatic heterocycles. The number of hydrogen-bond acceptors (Lipinski definition) is 2. The van der Waals surface area contributed by atoms with Gasteiger partial charge in [-0.05, 0) is 77.6 Å². The van der Waals surface area contributed by atoms with Gasteiger partial charge in [0.15, 0.2) is 0 Å². The third-order valence-electron chi connectivity index (χ3n) is 6.21. The lowest BCUT2D eigenvalue weighted by Crippen LogP contribution is -2.63. The van der Waals surface area contributed by atoms with Crippen molar-refractivity contribution in [2.45, 2.75) is 18.5 Å². The van der Waals surface area contributed by atoms with Gasteiger partial charge in [0.2, 0.25) is 0 Å². The predicted octanol–water partition coefficient (Wildman–Crippen LogP) is 5.52. The Morgan fingerprint density at radius 1 is 0.600 bits per heavy atom. The van der Waals surface area contributed by atoms with E-state index in [1.165, 1.54) is 21.5 Å². The second-order valence-corrected chi connectivity index (χ2v) is 14.1. The Balaban J connectivity index is 2.02. The molecule has 30 heavy (non-hydrogen) atoms. The van der Waals surface area contributed by atoms with Crippen LogP contribution in [0, 0.1) is 0 Å². The molecule has 5 rings (SSSR count). The lowest BCUT2D eigenvalue weighted by molar-refractivity contribution is 0.687. The fraction of sp³-hybridized carbons (Fsp3) is 0.120. The van der Waals surface area contributed by atoms with Crippen LogP contribution in [0.2, 0.25) is 13.1 Å². The summed E-state index contributed by atoms with van der Waals surface area (Å²) < 4.78 is 1.65. The lowest BCUT2D eigenvalue weighted by atomic mass is 9.68. The molecule has 2 nitrogen and oxygen atoms in total. The van der Waals surface area contributed by atoms with Gasteiger partial charge < -0.3 is 0 Å². The summed E-state index contributed by atoms with van der Waals surface area (Å²) in [7, 11) is -1.89. The average molecular weight is 536 g/mol. The van der Waals surface area contributed by atoms with Gasteiger partial charge >= 0.3 is 0 Å². The van der Waals surface area contributed by atoms with Crippen LogP contribution in [0.15, 0.2) is 94.1 Å². The van der Waals surface area contributed by atoms with Gasteiger partial charge in [-0.2, -0.15) is 0 Å². The molecule has 3 heterocycles. The van der Waals surface area contributed by atoms with E-state index in [4.69, 9.17) is 9.97 Å². The fourth-order valence-electron chi connectivity index (χ4n) is 4.92. The Kier molecular flexibility index (Phi) is 4.80. The highest BCUT2D eigenvalue weighted by Gasteiger charge is 2.51. The third kappa shape index (κ3) is 2.79. The maximum absolute atomic E-state index is 5.00. The lowest BCUT2D eigenvalue weighted by Gasteiger charge is -2.45. The molecular weight excluding hydrogens is 516 g/mol. The summed E-state index contributed by atoms with van der Waals surface area (Å²) in [5.74, 6) is 0. The molecule has 0 saturated heterocycles. The van der Waals surface area contributed by atoms with Crippen molar-refractivity contribution >= 4 is 50.3 Å². The number of rotatable bonds is 2. The van der Waals surface area contributed by atoms with Gasteiger partial charge in [0, 0.05) is 0 Å². The maximum atomic E-state index is 5.00. The van der Waals surface area contributed by atoms with Crippen LogP contribution in [0.1, 0.15) is 22.5 Å². The van der Waals surface area contributed by atoms with Crippen molar-refractivity contribution in [1.82, 2.24) is 9.97 Å². The van der Waals surface area contributed by atoms with Crippen molar-refractivity contribution in [3.05, 3.63) is 117 Å². The highest BCUT2D eigenvalue weighted by atomic mass is 79.9. The van der Waals surface area contributed by atoms with Gasteiger partial charge in [-0.15, -0.1) is 0 Å². The molecule has 5 heteroatoms. The standard InChI is InChI=1S/C25H20Br2N2Si/c1-30(2)19-11-5-3-9-17(19)25(18-10-4-6-12-20(18)30,21-13-7-15-23(26)28-21)22-14-8-16-24(27)29-22/h3-16H,1-2H3. The molecule has 0 bridgehead atoms. The third-order valence-corrected chi connectivity index (χ3v) is 10.7. The predicted molar refractivity (Wildman–Crippen MR) is 132 cm³/mol. The topological polar surface area (TPSA) is 25.8 Å². The molecule has 2 aromatic carbocycles. The molecule has 0 aliphatic carbocycles. The number of benzene rings is 2. The van der Waals surface area contributed by atoms with Crippen LogP contribution < -0.4 is 10.4 Å². The Labute approximate surface area is 194 Å².